The normalized spacial score (nSPS) is 15.0. The molecule has 0 saturated heterocycles. The van der Waals surface area contributed by atoms with Crippen LogP contribution >= 0.6 is 0 Å². The molecule has 2 N–H and O–H groups in total. The molecule has 0 spiro atoms. The monoisotopic (exact) mass is 189 g/mol. The summed E-state index contributed by atoms with van der Waals surface area (Å²) in [5.41, 5.74) is -0.644. The molecule has 13 heavy (non-hydrogen) atoms. The maximum absolute atomic E-state index is 9.58. The Morgan fingerprint density at radius 1 is 1.38 bits per heavy atom. The molecule has 0 aromatic rings. The van der Waals surface area contributed by atoms with E-state index in [2.05, 4.69) is 11.8 Å². The van der Waals surface area contributed by atoms with Crippen molar-refractivity contribution in [2.45, 2.75) is 45.8 Å². The van der Waals surface area contributed by atoms with E-state index in [1.807, 2.05) is 0 Å². The third-order valence-electron chi connectivity index (χ3n) is 1.92. The van der Waals surface area contributed by atoms with Crippen LogP contribution in [0.4, 0.5) is 0 Å². The lowest BCUT2D eigenvalue weighted by Gasteiger charge is -2.28. The van der Waals surface area contributed by atoms with Gasteiger partial charge in [-0.1, -0.05) is 6.92 Å². The Morgan fingerprint density at radius 2 is 1.92 bits per heavy atom. The third-order valence-corrected chi connectivity index (χ3v) is 1.92. The SMILES string of the molecule is CCN(CCC(C)O)CC(C)(C)O. The minimum atomic E-state index is -0.644. The van der Waals surface area contributed by atoms with Gasteiger partial charge in [-0.05, 0) is 33.7 Å². The molecule has 80 valence electrons. The molecule has 0 aliphatic heterocycles. The van der Waals surface area contributed by atoms with Crippen molar-refractivity contribution in [2.24, 2.45) is 0 Å². The van der Waals surface area contributed by atoms with E-state index >= 15 is 0 Å². The fraction of sp³-hybridized carbons (Fsp3) is 1.00. The first kappa shape index (κ1) is 12.9. The molecule has 0 aliphatic rings. The smallest absolute Gasteiger partial charge is 0.0718 e. The van der Waals surface area contributed by atoms with Crippen molar-refractivity contribution in [1.82, 2.24) is 4.90 Å². The second kappa shape index (κ2) is 5.58. The lowest BCUT2D eigenvalue weighted by molar-refractivity contribution is 0.0331. The molecule has 0 bridgehead atoms. The van der Waals surface area contributed by atoms with Crippen LogP contribution in [0.2, 0.25) is 0 Å². The first-order valence-corrected chi connectivity index (χ1v) is 4.98. The summed E-state index contributed by atoms with van der Waals surface area (Å²) in [5, 5.41) is 18.7. The van der Waals surface area contributed by atoms with E-state index < -0.39 is 5.60 Å². The average Bonchev–Trinajstić information content (AvgIpc) is 1.95. The largest absolute Gasteiger partial charge is 0.393 e. The maximum atomic E-state index is 9.58. The Morgan fingerprint density at radius 3 is 2.23 bits per heavy atom. The van der Waals surface area contributed by atoms with Gasteiger partial charge in [0.1, 0.15) is 0 Å². The predicted octanol–water partition coefficient (Wildman–Crippen LogP) is 0.850. The molecule has 3 heteroatoms. The lowest BCUT2D eigenvalue weighted by Crippen LogP contribution is -2.39. The van der Waals surface area contributed by atoms with Crippen LogP contribution in [0.5, 0.6) is 0 Å². The highest BCUT2D eigenvalue weighted by Crippen LogP contribution is 2.05. The van der Waals surface area contributed by atoms with E-state index in [0.717, 1.165) is 19.5 Å². The summed E-state index contributed by atoms with van der Waals surface area (Å²) in [5.74, 6) is 0. The molecule has 0 heterocycles. The maximum Gasteiger partial charge on any atom is 0.0718 e. The van der Waals surface area contributed by atoms with Crippen molar-refractivity contribution in [3.8, 4) is 0 Å². The van der Waals surface area contributed by atoms with Gasteiger partial charge in [0.15, 0.2) is 0 Å². The number of aliphatic hydroxyl groups excluding tert-OH is 1. The summed E-state index contributed by atoms with van der Waals surface area (Å²) in [6, 6.07) is 0. The Balaban J connectivity index is 3.76. The van der Waals surface area contributed by atoms with Gasteiger partial charge in [-0.3, -0.25) is 0 Å². The molecule has 0 saturated carbocycles. The van der Waals surface area contributed by atoms with Crippen LogP contribution in [0.1, 0.15) is 34.1 Å². The van der Waals surface area contributed by atoms with Crippen LogP contribution in [0.3, 0.4) is 0 Å². The van der Waals surface area contributed by atoms with Gasteiger partial charge >= 0.3 is 0 Å². The van der Waals surface area contributed by atoms with E-state index in [1.54, 1.807) is 20.8 Å². The number of nitrogens with zero attached hydrogens (tertiary/aromatic N) is 1. The Hall–Kier alpha value is -0.120. The molecule has 0 aromatic carbocycles. The third kappa shape index (κ3) is 8.22. The van der Waals surface area contributed by atoms with Crippen LogP contribution in [-0.2, 0) is 0 Å². The molecular weight excluding hydrogens is 166 g/mol. The van der Waals surface area contributed by atoms with Crippen molar-refractivity contribution in [3.05, 3.63) is 0 Å². The lowest BCUT2D eigenvalue weighted by atomic mass is 10.1. The first-order valence-electron chi connectivity index (χ1n) is 4.98. The van der Waals surface area contributed by atoms with E-state index in [9.17, 15) is 5.11 Å². The fourth-order valence-corrected chi connectivity index (χ4v) is 1.27. The topological polar surface area (TPSA) is 43.7 Å². The van der Waals surface area contributed by atoms with Crippen molar-refractivity contribution in [1.29, 1.82) is 0 Å². The quantitative estimate of drug-likeness (QED) is 0.651. The molecule has 0 radical (unpaired) electrons. The minimum absolute atomic E-state index is 0.254. The summed E-state index contributed by atoms with van der Waals surface area (Å²) in [4.78, 5) is 2.15. The summed E-state index contributed by atoms with van der Waals surface area (Å²) < 4.78 is 0. The molecule has 1 atom stereocenters. The van der Waals surface area contributed by atoms with Gasteiger partial charge in [-0.15, -0.1) is 0 Å². The molecule has 0 aromatic heterocycles. The highest BCUT2D eigenvalue weighted by molar-refractivity contribution is 4.71. The predicted molar refractivity (Wildman–Crippen MR) is 54.7 cm³/mol. The molecular formula is C10H23NO2. The van der Waals surface area contributed by atoms with Crippen molar-refractivity contribution < 1.29 is 10.2 Å². The number of likely N-dealkylation sites (N-methyl/N-ethyl adjacent to an activating group) is 1. The summed E-state index contributed by atoms with van der Waals surface area (Å²) in [6.45, 7) is 9.88. The number of rotatable bonds is 6. The second-order valence-electron chi connectivity index (χ2n) is 4.32. The van der Waals surface area contributed by atoms with Crippen LogP contribution in [-0.4, -0.2) is 46.5 Å². The summed E-state index contributed by atoms with van der Waals surface area (Å²) in [6.07, 6.45) is 0.514. The highest BCUT2D eigenvalue weighted by Gasteiger charge is 2.16. The van der Waals surface area contributed by atoms with Crippen LogP contribution < -0.4 is 0 Å². The second-order valence-corrected chi connectivity index (χ2v) is 4.32. The molecule has 1 unspecified atom stereocenters. The average molecular weight is 189 g/mol. The standard InChI is InChI=1S/C10H23NO2/c1-5-11(7-6-9(2)12)8-10(3,4)13/h9,12-13H,5-8H2,1-4H3. The number of aliphatic hydroxyl groups is 2. The number of hydrogen-bond acceptors (Lipinski definition) is 3. The fourth-order valence-electron chi connectivity index (χ4n) is 1.27. The van der Waals surface area contributed by atoms with Crippen LogP contribution in [0.15, 0.2) is 0 Å². The van der Waals surface area contributed by atoms with E-state index in [0.29, 0.717) is 6.54 Å². The van der Waals surface area contributed by atoms with Gasteiger partial charge in [0.25, 0.3) is 0 Å². The van der Waals surface area contributed by atoms with Crippen molar-refractivity contribution in [3.63, 3.8) is 0 Å². The zero-order valence-electron chi connectivity index (χ0n) is 9.25. The van der Waals surface area contributed by atoms with Gasteiger partial charge in [-0.25, -0.2) is 0 Å². The highest BCUT2D eigenvalue weighted by atomic mass is 16.3. The van der Waals surface area contributed by atoms with Crippen molar-refractivity contribution in [2.75, 3.05) is 19.6 Å². The van der Waals surface area contributed by atoms with E-state index in [4.69, 9.17) is 5.11 Å². The molecule has 3 nitrogen and oxygen atoms in total. The molecule has 0 rings (SSSR count). The van der Waals surface area contributed by atoms with E-state index in [-0.39, 0.29) is 6.10 Å². The van der Waals surface area contributed by atoms with Crippen LogP contribution in [0.25, 0.3) is 0 Å². The Bertz CT molecular complexity index is 129. The Labute approximate surface area is 81.4 Å². The van der Waals surface area contributed by atoms with Gasteiger partial charge in [0.2, 0.25) is 0 Å². The summed E-state index contributed by atoms with van der Waals surface area (Å²) >= 11 is 0. The van der Waals surface area contributed by atoms with E-state index in [1.165, 1.54) is 0 Å². The Kier molecular flexibility index (Phi) is 5.53. The molecule has 0 amide bonds. The first-order chi connectivity index (χ1) is 5.85. The van der Waals surface area contributed by atoms with Gasteiger partial charge in [0, 0.05) is 13.1 Å². The minimum Gasteiger partial charge on any atom is -0.393 e. The molecule has 0 aliphatic carbocycles. The van der Waals surface area contributed by atoms with Gasteiger partial charge in [-0.2, -0.15) is 0 Å². The van der Waals surface area contributed by atoms with Gasteiger partial charge in [0.05, 0.1) is 11.7 Å². The number of hydrogen-bond donors (Lipinski definition) is 2. The molecule has 0 fully saturated rings. The summed E-state index contributed by atoms with van der Waals surface area (Å²) in [7, 11) is 0. The zero-order valence-corrected chi connectivity index (χ0v) is 9.25. The zero-order chi connectivity index (χ0) is 10.5. The van der Waals surface area contributed by atoms with Gasteiger partial charge < -0.3 is 15.1 Å². The van der Waals surface area contributed by atoms with Crippen LogP contribution in [0, 0.1) is 0 Å². The van der Waals surface area contributed by atoms with Crippen molar-refractivity contribution >= 4 is 0 Å².